The predicted octanol–water partition coefficient (Wildman–Crippen LogP) is 2.28. The molecule has 1 heterocycles. The number of rotatable bonds is 5. The van der Waals surface area contributed by atoms with Gasteiger partial charge in [-0.1, -0.05) is 13.0 Å². The third-order valence-electron chi connectivity index (χ3n) is 3.65. The summed E-state index contributed by atoms with van der Waals surface area (Å²) in [6.07, 6.45) is 1.07. The Hall–Kier alpha value is -1.13. The van der Waals surface area contributed by atoms with Crippen molar-refractivity contribution in [3.63, 3.8) is 0 Å². The largest absolute Gasteiger partial charge is 0.508 e. The van der Waals surface area contributed by atoms with Crippen LogP contribution in [0.2, 0.25) is 0 Å². The molecule has 1 aromatic carbocycles. The zero-order valence-electron chi connectivity index (χ0n) is 11.0. The minimum atomic E-state index is -0.393. The van der Waals surface area contributed by atoms with Gasteiger partial charge in [0.25, 0.3) is 0 Å². The molecule has 1 unspecified atom stereocenters. The van der Waals surface area contributed by atoms with Crippen molar-refractivity contribution in [3.8, 4) is 5.75 Å². The normalized spacial score (nSPS) is 17.8. The number of nitrogens with one attached hydrogen (secondary N) is 1. The van der Waals surface area contributed by atoms with Crippen LogP contribution in [-0.4, -0.2) is 35.7 Å². The highest BCUT2D eigenvalue weighted by atomic mass is 19.1. The summed E-state index contributed by atoms with van der Waals surface area (Å²) < 4.78 is 13.0. The average molecular weight is 252 g/mol. The summed E-state index contributed by atoms with van der Waals surface area (Å²) in [6, 6.07) is 4.91. The van der Waals surface area contributed by atoms with E-state index in [1.54, 1.807) is 6.07 Å². The van der Waals surface area contributed by atoms with Gasteiger partial charge >= 0.3 is 0 Å². The van der Waals surface area contributed by atoms with Gasteiger partial charge in [-0.3, -0.25) is 4.90 Å². The molecule has 4 heteroatoms. The summed E-state index contributed by atoms with van der Waals surface area (Å²) >= 11 is 0. The van der Waals surface area contributed by atoms with Crippen molar-refractivity contribution in [1.29, 1.82) is 0 Å². The van der Waals surface area contributed by atoms with E-state index in [4.69, 9.17) is 0 Å². The topological polar surface area (TPSA) is 35.5 Å². The Bertz CT molecular complexity index is 407. The Balaban J connectivity index is 2.18. The highest BCUT2D eigenvalue weighted by Crippen LogP contribution is 2.31. The maximum atomic E-state index is 13.0. The van der Waals surface area contributed by atoms with Gasteiger partial charge in [0.2, 0.25) is 0 Å². The number of halogens is 1. The molecule has 0 bridgehead atoms. The number of phenolic OH excluding ortho intramolecular Hbond substituents is 1. The van der Waals surface area contributed by atoms with Gasteiger partial charge in [0, 0.05) is 36.8 Å². The number of nitrogens with zero attached hydrogens (tertiary/aromatic N) is 1. The Labute approximate surface area is 108 Å². The van der Waals surface area contributed by atoms with E-state index < -0.39 is 5.82 Å². The fourth-order valence-electron chi connectivity index (χ4n) is 2.51. The maximum absolute atomic E-state index is 13.0. The lowest BCUT2D eigenvalue weighted by atomic mass is 10.0. The van der Waals surface area contributed by atoms with E-state index in [0.29, 0.717) is 6.04 Å². The molecule has 1 atom stereocenters. The third kappa shape index (κ3) is 2.65. The van der Waals surface area contributed by atoms with Crippen LogP contribution in [0, 0.1) is 5.82 Å². The monoisotopic (exact) mass is 252 g/mol. The van der Waals surface area contributed by atoms with Crippen LogP contribution in [0.5, 0.6) is 5.75 Å². The minimum Gasteiger partial charge on any atom is -0.508 e. The summed E-state index contributed by atoms with van der Waals surface area (Å²) in [4.78, 5) is 2.38. The molecule has 0 spiro atoms. The van der Waals surface area contributed by atoms with E-state index in [0.717, 1.165) is 31.6 Å². The first-order valence-corrected chi connectivity index (χ1v) is 6.58. The SMILES string of the molecule is CCCN(C1CNC1)C(C)c1ccc(F)cc1O. The van der Waals surface area contributed by atoms with E-state index in [-0.39, 0.29) is 11.8 Å². The molecular weight excluding hydrogens is 231 g/mol. The van der Waals surface area contributed by atoms with Crippen LogP contribution in [-0.2, 0) is 0 Å². The van der Waals surface area contributed by atoms with Crippen molar-refractivity contribution >= 4 is 0 Å². The van der Waals surface area contributed by atoms with Crippen LogP contribution in [0.25, 0.3) is 0 Å². The molecule has 1 aromatic rings. The van der Waals surface area contributed by atoms with E-state index in [2.05, 4.69) is 24.1 Å². The van der Waals surface area contributed by atoms with Gasteiger partial charge in [0.05, 0.1) is 0 Å². The quantitative estimate of drug-likeness (QED) is 0.844. The lowest BCUT2D eigenvalue weighted by Gasteiger charge is -2.42. The highest BCUT2D eigenvalue weighted by Gasteiger charge is 2.29. The van der Waals surface area contributed by atoms with Gasteiger partial charge in [-0.25, -0.2) is 4.39 Å². The van der Waals surface area contributed by atoms with Crippen LogP contribution < -0.4 is 5.32 Å². The first-order valence-electron chi connectivity index (χ1n) is 6.58. The van der Waals surface area contributed by atoms with Crippen molar-refractivity contribution in [2.24, 2.45) is 0 Å². The van der Waals surface area contributed by atoms with Gasteiger partial charge in [-0.15, -0.1) is 0 Å². The van der Waals surface area contributed by atoms with Gasteiger partial charge in [-0.2, -0.15) is 0 Å². The standard InChI is InChI=1S/C14H21FN2O/c1-3-6-17(12-8-16-9-12)10(2)13-5-4-11(15)7-14(13)18/h4-5,7,10,12,16,18H,3,6,8-9H2,1-2H3. The summed E-state index contributed by atoms with van der Waals surface area (Å²) in [5, 5.41) is 13.1. The van der Waals surface area contributed by atoms with Crippen LogP contribution in [0.4, 0.5) is 4.39 Å². The van der Waals surface area contributed by atoms with Gasteiger partial charge in [0.15, 0.2) is 0 Å². The lowest BCUT2D eigenvalue weighted by Crippen LogP contribution is -2.57. The molecule has 0 radical (unpaired) electrons. The summed E-state index contributed by atoms with van der Waals surface area (Å²) in [5.41, 5.74) is 0.803. The van der Waals surface area contributed by atoms with E-state index >= 15 is 0 Å². The summed E-state index contributed by atoms with van der Waals surface area (Å²) in [7, 11) is 0. The molecular formula is C14H21FN2O. The lowest BCUT2D eigenvalue weighted by molar-refractivity contribution is 0.101. The molecule has 2 rings (SSSR count). The van der Waals surface area contributed by atoms with Gasteiger partial charge in [0.1, 0.15) is 11.6 Å². The Morgan fingerprint density at radius 1 is 1.50 bits per heavy atom. The molecule has 0 aromatic heterocycles. The van der Waals surface area contributed by atoms with Gasteiger partial charge in [-0.05, 0) is 26.0 Å². The van der Waals surface area contributed by atoms with E-state index in [1.807, 2.05) is 0 Å². The molecule has 1 fully saturated rings. The number of phenols is 1. The summed E-state index contributed by atoms with van der Waals surface area (Å²) in [6.45, 7) is 7.19. The number of aromatic hydroxyl groups is 1. The van der Waals surface area contributed by atoms with Crippen molar-refractivity contribution in [1.82, 2.24) is 10.2 Å². The molecule has 18 heavy (non-hydrogen) atoms. The van der Waals surface area contributed by atoms with Crippen LogP contribution >= 0.6 is 0 Å². The van der Waals surface area contributed by atoms with Crippen molar-refractivity contribution in [3.05, 3.63) is 29.6 Å². The molecule has 100 valence electrons. The number of hydrogen-bond donors (Lipinski definition) is 2. The third-order valence-corrected chi connectivity index (χ3v) is 3.65. The molecule has 3 nitrogen and oxygen atoms in total. The second-order valence-electron chi connectivity index (χ2n) is 4.93. The highest BCUT2D eigenvalue weighted by molar-refractivity contribution is 5.35. The smallest absolute Gasteiger partial charge is 0.126 e. The second-order valence-corrected chi connectivity index (χ2v) is 4.93. The Morgan fingerprint density at radius 3 is 2.72 bits per heavy atom. The van der Waals surface area contributed by atoms with Gasteiger partial charge < -0.3 is 10.4 Å². The van der Waals surface area contributed by atoms with Crippen LogP contribution in [0.15, 0.2) is 18.2 Å². The fourth-order valence-corrected chi connectivity index (χ4v) is 2.51. The number of benzene rings is 1. The first kappa shape index (κ1) is 13.3. The second kappa shape index (κ2) is 5.67. The molecule has 1 aliphatic heterocycles. The van der Waals surface area contributed by atoms with E-state index in [1.165, 1.54) is 12.1 Å². The molecule has 0 amide bonds. The van der Waals surface area contributed by atoms with Crippen LogP contribution in [0.3, 0.4) is 0 Å². The zero-order valence-corrected chi connectivity index (χ0v) is 11.0. The molecule has 1 aliphatic rings. The predicted molar refractivity (Wildman–Crippen MR) is 70.1 cm³/mol. The fraction of sp³-hybridized carbons (Fsp3) is 0.571. The van der Waals surface area contributed by atoms with Crippen molar-refractivity contribution in [2.45, 2.75) is 32.4 Å². The van der Waals surface area contributed by atoms with E-state index in [9.17, 15) is 9.50 Å². The first-order chi connectivity index (χ1) is 8.63. The Kier molecular flexibility index (Phi) is 4.19. The van der Waals surface area contributed by atoms with Crippen molar-refractivity contribution in [2.75, 3.05) is 19.6 Å². The zero-order chi connectivity index (χ0) is 13.1. The molecule has 2 N–H and O–H groups in total. The minimum absolute atomic E-state index is 0.0517. The molecule has 0 saturated carbocycles. The number of hydrogen-bond acceptors (Lipinski definition) is 3. The molecule has 0 aliphatic carbocycles. The summed E-state index contributed by atoms with van der Waals surface area (Å²) in [5.74, 6) is -0.341. The molecule has 1 saturated heterocycles. The van der Waals surface area contributed by atoms with Crippen LogP contribution in [0.1, 0.15) is 31.9 Å². The maximum Gasteiger partial charge on any atom is 0.126 e. The van der Waals surface area contributed by atoms with Crippen molar-refractivity contribution < 1.29 is 9.50 Å². The Morgan fingerprint density at radius 2 is 2.22 bits per heavy atom. The average Bonchev–Trinajstić information content (AvgIpc) is 2.25.